The number of benzene rings is 1. The zero-order valence-corrected chi connectivity index (χ0v) is 12.9. The molecule has 3 rings (SSSR count). The van der Waals surface area contributed by atoms with E-state index >= 15 is 0 Å². The Hall–Kier alpha value is -1.90. The Morgan fingerprint density at radius 2 is 2.14 bits per heavy atom. The molecule has 0 amide bonds. The topological polar surface area (TPSA) is 94.3 Å². The molecule has 0 saturated carbocycles. The maximum absolute atomic E-state index is 12.4. The number of aromatic nitrogens is 1. The van der Waals surface area contributed by atoms with Gasteiger partial charge in [0.05, 0.1) is 6.10 Å². The van der Waals surface area contributed by atoms with Crippen molar-refractivity contribution in [1.82, 2.24) is 4.98 Å². The minimum Gasteiger partial charge on any atom is -0.423 e. The van der Waals surface area contributed by atoms with Crippen LogP contribution in [-0.4, -0.2) is 26.9 Å². The predicted molar refractivity (Wildman–Crippen MR) is 85.6 cm³/mol. The highest BCUT2D eigenvalue weighted by Gasteiger charge is 2.34. The normalized spacial score (nSPS) is 17.4. The maximum atomic E-state index is 12.4. The van der Waals surface area contributed by atoms with Crippen LogP contribution in [0.1, 0.15) is 11.7 Å². The van der Waals surface area contributed by atoms with E-state index in [1.165, 1.54) is 12.3 Å². The van der Waals surface area contributed by atoms with Crippen molar-refractivity contribution in [1.29, 1.82) is 0 Å². The van der Waals surface area contributed by atoms with Crippen LogP contribution in [0.3, 0.4) is 0 Å². The molecule has 22 heavy (non-hydrogen) atoms. The molecule has 2 aromatic rings. The van der Waals surface area contributed by atoms with E-state index in [-0.39, 0.29) is 18.0 Å². The number of anilines is 1. The first-order valence-electron chi connectivity index (χ1n) is 6.95. The molecule has 8 heteroatoms. The highest BCUT2D eigenvalue weighted by molar-refractivity contribution is 7.92. The number of pyridine rings is 1. The van der Waals surface area contributed by atoms with Gasteiger partial charge in [-0.15, -0.1) is 0 Å². The Morgan fingerprint density at radius 3 is 2.82 bits per heavy atom. The van der Waals surface area contributed by atoms with Crippen LogP contribution in [0.4, 0.5) is 5.69 Å². The Morgan fingerprint density at radius 1 is 1.32 bits per heavy atom. The quantitative estimate of drug-likeness (QED) is 0.811. The summed E-state index contributed by atoms with van der Waals surface area (Å²) in [6.07, 6.45) is 1.24. The van der Waals surface area contributed by atoms with Gasteiger partial charge in [0.15, 0.2) is 5.03 Å². The molecule has 0 bridgehead atoms. The van der Waals surface area contributed by atoms with E-state index in [1.54, 1.807) is 24.3 Å². The first kappa shape index (κ1) is 15.0. The van der Waals surface area contributed by atoms with Gasteiger partial charge in [-0.1, -0.05) is 25.0 Å². The third-order valence-electron chi connectivity index (χ3n) is 3.63. The number of hydrogen-bond acceptors (Lipinski definition) is 5. The monoisotopic (exact) mass is 317 g/mol. The Labute approximate surface area is 129 Å². The second-order valence-electron chi connectivity index (χ2n) is 5.08. The average Bonchev–Trinajstić information content (AvgIpc) is 2.85. The summed E-state index contributed by atoms with van der Waals surface area (Å²) in [4.78, 5) is 3.89. The SMILES string of the molecule is CB1O[C@@H](CN)c2cccc(NS(=O)(=O)c3ccccn3)c21. The molecule has 6 nitrogen and oxygen atoms in total. The van der Waals surface area contributed by atoms with Gasteiger partial charge < -0.3 is 10.4 Å². The summed E-state index contributed by atoms with van der Waals surface area (Å²) in [6, 6.07) is 10.2. The second-order valence-corrected chi connectivity index (χ2v) is 6.71. The van der Waals surface area contributed by atoms with Gasteiger partial charge in [0, 0.05) is 18.4 Å². The minimum absolute atomic E-state index is 0.0189. The summed E-state index contributed by atoms with van der Waals surface area (Å²) < 4.78 is 33.2. The molecule has 1 aliphatic rings. The lowest BCUT2D eigenvalue weighted by molar-refractivity contribution is 0.235. The summed E-state index contributed by atoms with van der Waals surface area (Å²) in [6.45, 7) is 2.02. The lowest BCUT2D eigenvalue weighted by atomic mass is 9.63. The van der Waals surface area contributed by atoms with E-state index in [0.29, 0.717) is 12.2 Å². The summed E-state index contributed by atoms with van der Waals surface area (Å²) in [5, 5.41) is -0.0189. The molecule has 1 aromatic carbocycles. The molecule has 0 fully saturated rings. The third kappa shape index (κ3) is 2.60. The van der Waals surface area contributed by atoms with Crippen molar-refractivity contribution in [3.05, 3.63) is 48.2 Å². The molecule has 0 spiro atoms. The van der Waals surface area contributed by atoms with Crippen LogP contribution < -0.4 is 15.9 Å². The van der Waals surface area contributed by atoms with Crippen molar-refractivity contribution in [3.8, 4) is 0 Å². The number of nitrogens with zero attached hydrogens (tertiary/aromatic N) is 1. The van der Waals surface area contributed by atoms with Crippen molar-refractivity contribution >= 4 is 28.1 Å². The van der Waals surface area contributed by atoms with Gasteiger partial charge in [-0.25, -0.2) is 4.98 Å². The van der Waals surface area contributed by atoms with Gasteiger partial charge in [-0.3, -0.25) is 4.72 Å². The average molecular weight is 317 g/mol. The van der Waals surface area contributed by atoms with Crippen molar-refractivity contribution in [3.63, 3.8) is 0 Å². The molecule has 0 aliphatic carbocycles. The molecule has 3 N–H and O–H groups in total. The molecule has 1 atom stereocenters. The number of nitrogens with two attached hydrogens (primary N) is 1. The van der Waals surface area contributed by atoms with Crippen molar-refractivity contribution in [2.24, 2.45) is 5.73 Å². The largest absolute Gasteiger partial charge is 0.423 e. The predicted octanol–water partition coefficient (Wildman–Crippen LogP) is 0.741. The zero-order valence-electron chi connectivity index (χ0n) is 12.1. The zero-order chi connectivity index (χ0) is 15.7. The van der Waals surface area contributed by atoms with Gasteiger partial charge in [-0.2, -0.15) is 8.42 Å². The number of rotatable bonds is 4. The van der Waals surface area contributed by atoms with Crippen molar-refractivity contribution in [2.45, 2.75) is 18.0 Å². The first-order chi connectivity index (χ1) is 10.5. The van der Waals surface area contributed by atoms with E-state index in [0.717, 1.165) is 11.0 Å². The summed E-state index contributed by atoms with van der Waals surface area (Å²) in [7, 11) is -3.73. The minimum atomic E-state index is -3.73. The fourth-order valence-electron chi connectivity index (χ4n) is 2.68. The standard InChI is InChI=1S/C14H16BN3O3S/c1-15-14-10(12(9-16)21-15)5-4-6-11(14)18-22(19,20)13-7-2-3-8-17-13/h2-8,12,18H,9,16H2,1H3/t12-/m0/s1. The molecular weight excluding hydrogens is 301 g/mol. The van der Waals surface area contributed by atoms with Gasteiger partial charge >= 0.3 is 6.92 Å². The lowest BCUT2D eigenvalue weighted by Crippen LogP contribution is -2.29. The fraction of sp³-hybridized carbons (Fsp3) is 0.214. The number of nitrogens with one attached hydrogen (secondary N) is 1. The van der Waals surface area contributed by atoms with E-state index in [2.05, 4.69) is 9.71 Å². The van der Waals surface area contributed by atoms with E-state index in [9.17, 15) is 8.42 Å². The van der Waals surface area contributed by atoms with Crippen LogP contribution in [-0.2, 0) is 14.7 Å². The van der Waals surface area contributed by atoms with E-state index < -0.39 is 10.0 Å². The molecule has 1 aliphatic heterocycles. The summed E-state index contributed by atoms with van der Waals surface area (Å²) >= 11 is 0. The molecular formula is C14H16BN3O3S. The second kappa shape index (κ2) is 5.71. The summed E-state index contributed by atoms with van der Waals surface area (Å²) in [5.41, 5.74) is 7.97. The molecule has 0 radical (unpaired) electrons. The Balaban J connectivity index is 2.00. The molecule has 114 valence electrons. The molecule has 0 unspecified atom stereocenters. The van der Waals surface area contributed by atoms with Crippen LogP contribution >= 0.6 is 0 Å². The molecule has 0 saturated heterocycles. The van der Waals surface area contributed by atoms with Crippen LogP contribution in [0.2, 0.25) is 6.82 Å². The highest BCUT2D eigenvalue weighted by atomic mass is 32.2. The Bertz CT molecular complexity index is 783. The van der Waals surface area contributed by atoms with Crippen LogP contribution in [0, 0.1) is 0 Å². The van der Waals surface area contributed by atoms with E-state index in [4.69, 9.17) is 10.4 Å². The lowest BCUT2D eigenvalue weighted by Gasteiger charge is -2.12. The smallest absolute Gasteiger partial charge is 0.326 e. The van der Waals surface area contributed by atoms with Crippen molar-refractivity contribution in [2.75, 3.05) is 11.3 Å². The van der Waals surface area contributed by atoms with Gasteiger partial charge in [-0.05, 0) is 29.2 Å². The molecule has 2 heterocycles. The van der Waals surface area contributed by atoms with Crippen LogP contribution in [0.15, 0.2) is 47.6 Å². The third-order valence-corrected chi connectivity index (χ3v) is 4.91. The van der Waals surface area contributed by atoms with Crippen LogP contribution in [0.25, 0.3) is 0 Å². The number of fused-ring (bicyclic) bond motifs is 1. The fourth-order valence-corrected chi connectivity index (χ4v) is 3.71. The van der Waals surface area contributed by atoms with E-state index in [1.807, 2.05) is 12.9 Å². The van der Waals surface area contributed by atoms with Crippen LogP contribution in [0.5, 0.6) is 0 Å². The highest BCUT2D eigenvalue weighted by Crippen LogP contribution is 2.27. The Kier molecular flexibility index (Phi) is 3.90. The van der Waals surface area contributed by atoms with Gasteiger partial charge in [0.25, 0.3) is 10.0 Å². The first-order valence-corrected chi connectivity index (χ1v) is 8.43. The number of hydrogen-bond donors (Lipinski definition) is 2. The maximum Gasteiger partial charge on any atom is 0.326 e. The van der Waals surface area contributed by atoms with Gasteiger partial charge in [0.1, 0.15) is 0 Å². The number of sulfonamides is 1. The summed E-state index contributed by atoms with van der Waals surface area (Å²) in [5.74, 6) is 0. The van der Waals surface area contributed by atoms with Crippen molar-refractivity contribution < 1.29 is 13.1 Å². The molecule has 1 aromatic heterocycles. The van der Waals surface area contributed by atoms with Gasteiger partial charge in [0.2, 0.25) is 0 Å².